The van der Waals surface area contributed by atoms with Crippen LogP contribution < -0.4 is 20.2 Å². The number of hydrogen-bond acceptors (Lipinski definition) is 5. The van der Waals surface area contributed by atoms with E-state index >= 15 is 0 Å². The van der Waals surface area contributed by atoms with Crippen LogP contribution in [0.4, 0.5) is 10.5 Å². The van der Waals surface area contributed by atoms with E-state index in [0.717, 1.165) is 15.6 Å². The lowest BCUT2D eigenvalue weighted by Gasteiger charge is -2.13. The van der Waals surface area contributed by atoms with Crippen LogP contribution in [0.1, 0.15) is 27.0 Å². The number of amides is 2. The Balaban J connectivity index is 1.62. The fourth-order valence-corrected chi connectivity index (χ4v) is 3.72. The molecular weight excluding hydrogens is 570 g/mol. The smallest absolute Gasteiger partial charge is 0.339 e. The molecule has 0 aromatic heterocycles. The molecule has 0 saturated heterocycles. The molecule has 3 rings (SSSR count). The Morgan fingerprint density at radius 2 is 1.79 bits per heavy atom. The lowest BCUT2D eigenvalue weighted by Crippen LogP contribution is -2.24. The topological polar surface area (TPSA) is 109 Å². The quantitative estimate of drug-likeness (QED) is 0.221. The van der Waals surface area contributed by atoms with Gasteiger partial charge in [0, 0.05) is 10.2 Å². The van der Waals surface area contributed by atoms with E-state index in [1.54, 1.807) is 30.3 Å². The van der Waals surface area contributed by atoms with E-state index in [1.807, 2.05) is 19.1 Å². The van der Waals surface area contributed by atoms with E-state index < -0.39 is 12.0 Å². The number of urea groups is 1. The van der Waals surface area contributed by atoms with Crippen LogP contribution in [0.3, 0.4) is 0 Å². The molecule has 0 spiro atoms. The number of anilines is 1. The normalized spacial score (nSPS) is 10.7. The van der Waals surface area contributed by atoms with E-state index in [-0.39, 0.29) is 12.2 Å². The van der Waals surface area contributed by atoms with Crippen LogP contribution in [0.25, 0.3) is 0 Å². The summed E-state index contributed by atoms with van der Waals surface area (Å²) in [7, 11) is 1.52. The van der Waals surface area contributed by atoms with Crippen molar-refractivity contribution < 1.29 is 24.2 Å². The maximum absolute atomic E-state index is 12.1. The van der Waals surface area contributed by atoms with Gasteiger partial charge in [-0.25, -0.2) is 15.0 Å². The number of nitrogens with zero attached hydrogens (tertiary/aromatic N) is 1. The molecule has 0 aliphatic heterocycles. The van der Waals surface area contributed by atoms with Crippen LogP contribution in [-0.4, -0.2) is 30.4 Å². The third kappa shape index (κ3) is 6.82. The van der Waals surface area contributed by atoms with Gasteiger partial charge in [-0.15, -0.1) is 0 Å². The molecule has 0 saturated carbocycles. The van der Waals surface area contributed by atoms with Gasteiger partial charge in [0.05, 0.1) is 23.4 Å². The fourth-order valence-electron chi connectivity index (χ4n) is 2.90. The number of hydrogen-bond donors (Lipinski definition) is 3. The van der Waals surface area contributed by atoms with Crippen molar-refractivity contribution in [2.24, 2.45) is 5.10 Å². The number of carboxylic acids is 1. The number of nitrogens with one attached hydrogen (secondary N) is 2. The van der Waals surface area contributed by atoms with Crippen LogP contribution in [0.2, 0.25) is 0 Å². The Bertz CT molecular complexity index is 1230. The zero-order chi connectivity index (χ0) is 24.7. The Morgan fingerprint density at radius 3 is 2.44 bits per heavy atom. The number of hydrazone groups is 1. The summed E-state index contributed by atoms with van der Waals surface area (Å²) in [5, 5.41) is 15.7. The molecule has 0 fully saturated rings. The molecule has 176 valence electrons. The molecule has 3 N–H and O–H groups in total. The average Bonchev–Trinajstić information content (AvgIpc) is 2.80. The number of carboxylic acid groups (broad SMARTS) is 1. The first-order valence-electron chi connectivity index (χ1n) is 9.95. The standard InChI is InChI=1S/C24H21Br2N3O5/c1-14-9-18(7-8-19(14)25)28-24(32)29-27-12-16-10-20(26)22(21(11-16)33-2)34-13-15-3-5-17(6-4-15)23(30)31/h3-12H,13H2,1-2H3,(H,30,31)(H2,28,29,32)/b27-12+. The lowest BCUT2D eigenvalue weighted by molar-refractivity contribution is 0.0696. The predicted octanol–water partition coefficient (Wildman–Crippen LogP) is 5.96. The number of ether oxygens (including phenoxy) is 2. The van der Waals surface area contributed by atoms with Crippen molar-refractivity contribution in [3.63, 3.8) is 0 Å². The summed E-state index contributed by atoms with van der Waals surface area (Å²) in [6, 6.07) is 14.9. The highest BCUT2D eigenvalue weighted by Gasteiger charge is 2.12. The van der Waals surface area contributed by atoms with Crippen molar-refractivity contribution in [2.75, 3.05) is 12.4 Å². The molecule has 2 amide bonds. The molecule has 0 unspecified atom stereocenters. The first-order chi connectivity index (χ1) is 16.3. The molecule has 0 radical (unpaired) electrons. The average molecular weight is 591 g/mol. The lowest BCUT2D eigenvalue weighted by atomic mass is 10.1. The number of rotatable bonds is 8. The van der Waals surface area contributed by atoms with Crippen molar-refractivity contribution in [3.8, 4) is 11.5 Å². The number of carbonyl (C=O) groups is 2. The number of aryl methyl sites for hydroxylation is 1. The third-order valence-corrected chi connectivity index (χ3v) is 6.11. The first-order valence-corrected chi connectivity index (χ1v) is 11.5. The summed E-state index contributed by atoms with van der Waals surface area (Å²) < 4.78 is 12.9. The fraction of sp³-hybridized carbons (Fsp3) is 0.125. The Labute approximate surface area is 213 Å². The van der Waals surface area contributed by atoms with Crippen molar-refractivity contribution >= 4 is 55.8 Å². The van der Waals surface area contributed by atoms with E-state index in [0.29, 0.717) is 27.2 Å². The summed E-state index contributed by atoms with van der Waals surface area (Å²) in [5.74, 6) is -0.0319. The number of aromatic carboxylic acids is 1. The molecule has 0 heterocycles. The van der Waals surface area contributed by atoms with Gasteiger partial charge in [0.2, 0.25) is 0 Å². The van der Waals surface area contributed by atoms with Gasteiger partial charge in [-0.1, -0.05) is 28.1 Å². The summed E-state index contributed by atoms with van der Waals surface area (Å²) in [5.41, 5.74) is 5.75. The largest absolute Gasteiger partial charge is 0.493 e. The Kier molecular flexibility index (Phi) is 8.67. The third-order valence-electron chi connectivity index (χ3n) is 4.63. The van der Waals surface area contributed by atoms with Crippen LogP contribution in [-0.2, 0) is 6.61 Å². The first kappa shape index (κ1) is 25.3. The molecular formula is C24H21Br2N3O5. The van der Waals surface area contributed by atoms with E-state index in [4.69, 9.17) is 14.6 Å². The van der Waals surface area contributed by atoms with Crippen molar-refractivity contribution in [2.45, 2.75) is 13.5 Å². The summed E-state index contributed by atoms with van der Waals surface area (Å²) in [6.45, 7) is 2.15. The molecule has 0 bridgehead atoms. The van der Waals surface area contributed by atoms with Gasteiger partial charge in [-0.2, -0.15) is 5.10 Å². The number of carbonyl (C=O) groups excluding carboxylic acids is 1. The second kappa shape index (κ2) is 11.7. The summed E-state index contributed by atoms with van der Waals surface area (Å²) >= 11 is 6.89. The van der Waals surface area contributed by atoms with Gasteiger partial charge in [0.1, 0.15) is 6.61 Å². The summed E-state index contributed by atoms with van der Waals surface area (Å²) in [4.78, 5) is 23.1. The maximum Gasteiger partial charge on any atom is 0.339 e. The molecule has 0 aliphatic carbocycles. The van der Waals surface area contributed by atoms with Gasteiger partial charge in [-0.3, -0.25) is 0 Å². The molecule has 3 aromatic rings. The molecule has 10 heteroatoms. The summed E-state index contributed by atoms with van der Waals surface area (Å²) in [6.07, 6.45) is 1.48. The van der Waals surface area contributed by atoms with Gasteiger partial charge in [0.15, 0.2) is 11.5 Å². The molecule has 0 aliphatic rings. The zero-order valence-corrected chi connectivity index (χ0v) is 21.4. The highest BCUT2D eigenvalue weighted by atomic mass is 79.9. The van der Waals surface area contributed by atoms with Crippen molar-refractivity contribution in [1.29, 1.82) is 0 Å². The van der Waals surface area contributed by atoms with E-state index in [1.165, 1.54) is 25.5 Å². The molecule has 3 aromatic carbocycles. The van der Waals surface area contributed by atoms with Gasteiger partial charge in [0.25, 0.3) is 0 Å². The molecule has 34 heavy (non-hydrogen) atoms. The van der Waals surface area contributed by atoms with Gasteiger partial charge in [-0.05, 0) is 82.0 Å². The van der Waals surface area contributed by atoms with E-state index in [9.17, 15) is 9.59 Å². The van der Waals surface area contributed by atoms with E-state index in [2.05, 4.69) is 47.7 Å². The van der Waals surface area contributed by atoms with Gasteiger partial charge >= 0.3 is 12.0 Å². The van der Waals surface area contributed by atoms with Gasteiger partial charge < -0.3 is 19.9 Å². The number of halogens is 2. The molecule has 8 nitrogen and oxygen atoms in total. The van der Waals surface area contributed by atoms with Crippen LogP contribution in [0, 0.1) is 6.92 Å². The minimum Gasteiger partial charge on any atom is -0.493 e. The number of methoxy groups -OCH3 is 1. The SMILES string of the molecule is COc1cc(/C=N/NC(=O)Nc2ccc(Br)c(C)c2)cc(Br)c1OCc1ccc(C(=O)O)cc1. The van der Waals surface area contributed by atoms with Crippen LogP contribution in [0.15, 0.2) is 68.6 Å². The Morgan fingerprint density at radius 1 is 1.06 bits per heavy atom. The second-order valence-corrected chi connectivity index (χ2v) is 8.82. The predicted molar refractivity (Wildman–Crippen MR) is 137 cm³/mol. The minimum atomic E-state index is -0.982. The zero-order valence-electron chi connectivity index (χ0n) is 18.3. The maximum atomic E-state index is 12.1. The van der Waals surface area contributed by atoms with Crippen molar-refractivity contribution in [1.82, 2.24) is 5.43 Å². The highest BCUT2D eigenvalue weighted by Crippen LogP contribution is 2.36. The Hall–Kier alpha value is -3.37. The van der Waals surface area contributed by atoms with Crippen LogP contribution >= 0.6 is 31.9 Å². The highest BCUT2D eigenvalue weighted by molar-refractivity contribution is 9.10. The number of benzene rings is 3. The monoisotopic (exact) mass is 589 g/mol. The molecule has 0 atom stereocenters. The van der Waals surface area contributed by atoms with Crippen LogP contribution in [0.5, 0.6) is 11.5 Å². The second-order valence-electron chi connectivity index (χ2n) is 7.11. The minimum absolute atomic E-state index is 0.209. The van der Waals surface area contributed by atoms with Crippen molar-refractivity contribution in [3.05, 3.63) is 85.8 Å².